The lowest BCUT2D eigenvalue weighted by atomic mass is 10.0. The second kappa shape index (κ2) is 13.3. The molecule has 1 aromatic heterocycles. The van der Waals surface area contributed by atoms with Crippen molar-refractivity contribution in [1.82, 2.24) is 20.0 Å². The summed E-state index contributed by atoms with van der Waals surface area (Å²) in [4.78, 5) is 42.3. The van der Waals surface area contributed by atoms with Gasteiger partial charge in [-0.15, -0.1) is 0 Å². The topological polar surface area (TPSA) is 115 Å². The van der Waals surface area contributed by atoms with Crippen LogP contribution in [0.4, 0.5) is 15.0 Å². The summed E-state index contributed by atoms with van der Waals surface area (Å²) in [7, 11) is 2.73. The van der Waals surface area contributed by atoms with Crippen molar-refractivity contribution < 1.29 is 33.0 Å². The van der Waals surface area contributed by atoms with Crippen LogP contribution in [0.15, 0.2) is 24.3 Å². The molecule has 0 saturated carbocycles. The van der Waals surface area contributed by atoms with Crippen LogP contribution in [0, 0.1) is 0 Å². The van der Waals surface area contributed by atoms with Crippen LogP contribution in [-0.2, 0) is 32.2 Å². The van der Waals surface area contributed by atoms with Crippen molar-refractivity contribution >= 4 is 35.4 Å². The highest BCUT2D eigenvalue weighted by Gasteiger charge is 2.43. The highest BCUT2D eigenvalue weighted by molar-refractivity contribution is 6.31. The third-order valence-corrected chi connectivity index (χ3v) is 7.59. The molecule has 1 aromatic carbocycles. The highest BCUT2D eigenvalue weighted by atomic mass is 35.5. The number of nitrogens with zero attached hydrogens (tertiary/aromatic N) is 4. The normalized spacial score (nSPS) is 20.9. The maximum absolute atomic E-state index is 14.5. The number of anilines is 1. The number of ether oxygens (including phenoxy) is 3. The SMILES string of the molecule is COCn1nc(C(=O)N2C[C@@H](F)C[C@H]2C(=O)OC)c(Cc2ccccc2Cl)c1N1CCC[C@@H](NC(=O)OC(C)(C)C)C1. The first-order valence-electron chi connectivity index (χ1n) is 14.0. The first-order chi connectivity index (χ1) is 19.9. The molecule has 42 heavy (non-hydrogen) atoms. The van der Waals surface area contributed by atoms with E-state index in [-0.39, 0.29) is 37.9 Å². The fraction of sp³-hybridized carbons (Fsp3) is 0.586. The number of piperidine rings is 1. The van der Waals surface area contributed by atoms with Crippen LogP contribution in [0.3, 0.4) is 0 Å². The number of alkyl halides is 1. The molecule has 2 fully saturated rings. The average molecular weight is 608 g/mol. The third-order valence-electron chi connectivity index (χ3n) is 7.23. The Balaban J connectivity index is 1.75. The van der Waals surface area contributed by atoms with Crippen molar-refractivity contribution in [3.8, 4) is 0 Å². The lowest BCUT2D eigenvalue weighted by Gasteiger charge is -2.35. The second-order valence-corrected chi connectivity index (χ2v) is 12.0. The van der Waals surface area contributed by atoms with Gasteiger partial charge in [-0.05, 0) is 45.2 Å². The summed E-state index contributed by atoms with van der Waals surface area (Å²) in [6.07, 6.45) is -0.271. The quantitative estimate of drug-likeness (QED) is 0.449. The fourth-order valence-electron chi connectivity index (χ4n) is 5.49. The first-order valence-corrected chi connectivity index (χ1v) is 14.4. The van der Waals surface area contributed by atoms with Crippen LogP contribution in [0.2, 0.25) is 5.02 Å². The molecule has 3 heterocycles. The molecular weight excluding hydrogens is 569 g/mol. The molecule has 2 aliphatic rings. The van der Waals surface area contributed by atoms with Crippen molar-refractivity contribution in [1.29, 1.82) is 0 Å². The lowest BCUT2D eigenvalue weighted by Crippen LogP contribution is -2.49. The van der Waals surface area contributed by atoms with Crippen LogP contribution in [0.1, 0.15) is 61.6 Å². The molecule has 2 aliphatic heterocycles. The molecule has 2 amide bonds. The molecule has 13 heteroatoms. The number of hydrogen-bond acceptors (Lipinski definition) is 8. The number of likely N-dealkylation sites (tertiary alicyclic amines) is 1. The number of benzene rings is 1. The van der Waals surface area contributed by atoms with E-state index in [0.29, 0.717) is 29.5 Å². The summed E-state index contributed by atoms with van der Waals surface area (Å²) in [5.41, 5.74) is 0.769. The van der Waals surface area contributed by atoms with E-state index in [0.717, 1.165) is 18.4 Å². The summed E-state index contributed by atoms with van der Waals surface area (Å²) in [6.45, 7) is 6.26. The van der Waals surface area contributed by atoms with Gasteiger partial charge in [0, 0.05) is 49.7 Å². The van der Waals surface area contributed by atoms with E-state index in [1.807, 2.05) is 18.2 Å². The van der Waals surface area contributed by atoms with Gasteiger partial charge in [0.2, 0.25) is 0 Å². The Kier molecular flexibility index (Phi) is 9.98. The maximum Gasteiger partial charge on any atom is 0.407 e. The summed E-state index contributed by atoms with van der Waals surface area (Å²) in [5.74, 6) is -0.634. The highest BCUT2D eigenvalue weighted by Crippen LogP contribution is 2.34. The molecule has 0 spiro atoms. The molecule has 2 saturated heterocycles. The van der Waals surface area contributed by atoms with Gasteiger partial charge in [-0.25, -0.2) is 18.7 Å². The van der Waals surface area contributed by atoms with Crippen LogP contribution in [0.5, 0.6) is 0 Å². The summed E-state index contributed by atoms with van der Waals surface area (Å²) >= 11 is 6.54. The maximum atomic E-state index is 14.5. The number of rotatable bonds is 8. The molecular formula is C29H39ClFN5O6. The third kappa shape index (κ3) is 7.33. The van der Waals surface area contributed by atoms with Crippen LogP contribution >= 0.6 is 11.6 Å². The van der Waals surface area contributed by atoms with Gasteiger partial charge in [0.25, 0.3) is 5.91 Å². The Labute approximate surface area is 250 Å². The molecule has 2 aromatic rings. The minimum Gasteiger partial charge on any atom is -0.467 e. The van der Waals surface area contributed by atoms with Crippen LogP contribution in [-0.4, -0.2) is 90.4 Å². The monoisotopic (exact) mass is 607 g/mol. The van der Waals surface area contributed by atoms with Gasteiger partial charge in [-0.1, -0.05) is 29.8 Å². The number of carbonyl (C=O) groups is 3. The van der Waals surface area contributed by atoms with E-state index in [1.54, 1.807) is 31.5 Å². The number of aromatic nitrogens is 2. The average Bonchev–Trinajstić information content (AvgIpc) is 3.49. The van der Waals surface area contributed by atoms with Gasteiger partial charge >= 0.3 is 12.1 Å². The van der Waals surface area contributed by atoms with E-state index in [2.05, 4.69) is 15.3 Å². The Morgan fingerprint density at radius 2 is 1.90 bits per heavy atom. The van der Waals surface area contributed by atoms with E-state index >= 15 is 0 Å². The number of nitrogens with one attached hydrogen (secondary N) is 1. The van der Waals surface area contributed by atoms with Gasteiger partial charge in [0.15, 0.2) is 5.69 Å². The number of hydrogen-bond donors (Lipinski definition) is 1. The summed E-state index contributed by atoms with van der Waals surface area (Å²) in [6, 6.07) is 6.02. The minimum atomic E-state index is -1.37. The van der Waals surface area contributed by atoms with Crippen molar-refractivity contribution in [2.75, 3.05) is 38.8 Å². The standard InChI is InChI=1S/C29H39ClFN5O6/c1-29(2,3)42-28(39)32-20-10-8-12-34(16-20)25-21(13-18-9-6-7-11-22(18)30)24(33-36(25)17-40-4)26(37)35-15-19(31)14-23(35)27(38)41-5/h6-7,9,11,19-20,23H,8,10,12-17H2,1-5H3,(H,32,39)/t19-,20+,23-/m0/s1. The van der Waals surface area contributed by atoms with E-state index < -0.39 is 35.8 Å². The first kappa shape index (κ1) is 31.6. The zero-order chi connectivity index (χ0) is 30.6. The van der Waals surface area contributed by atoms with Gasteiger partial charge < -0.3 is 29.3 Å². The smallest absolute Gasteiger partial charge is 0.407 e. The largest absolute Gasteiger partial charge is 0.467 e. The second-order valence-electron chi connectivity index (χ2n) is 11.6. The molecule has 11 nitrogen and oxygen atoms in total. The Morgan fingerprint density at radius 3 is 2.57 bits per heavy atom. The Hall–Kier alpha value is -3.38. The summed E-state index contributed by atoms with van der Waals surface area (Å²) < 4.78 is 31.9. The minimum absolute atomic E-state index is 0.0327. The van der Waals surface area contributed by atoms with Crippen LogP contribution < -0.4 is 10.2 Å². The number of methoxy groups -OCH3 is 2. The molecule has 4 rings (SSSR count). The number of esters is 1. The molecule has 0 unspecified atom stereocenters. The van der Waals surface area contributed by atoms with E-state index in [1.165, 1.54) is 19.1 Å². The number of amides is 2. The van der Waals surface area contributed by atoms with Gasteiger partial charge in [-0.3, -0.25) is 4.79 Å². The van der Waals surface area contributed by atoms with Crippen molar-refractivity contribution in [3.63, 3.8) is 0 Å². The van der Waals surface area contributed by atoms with Gasteiger partial charge in [0.1, 0.15) is 30.4 Å². The van der Waals surface area contributed by atoms with Crippen molar-refractivity contribution in [3.05, 3.63) is 46.1 Å². The van der Waals surface area contributed by atoms with Gasteiger partial charge in [0.05, 0.1) is 13.7 Å². The number of carbonyl (C=O) groups excluding carboxylic acids is 3. The molecule has 230 valence electrons. The summed E-state index contributed by atoms with van der Waals surface area (Å²) in [5, 5.41) is 8.12. The molecule has 0 radical (unpaired) electrons. The lowest BCUT2D eigenvalue weighted by molar-refractivity contribution is -0.145. The molecule has 0 aliphatic carbocycles. The van der Waals surface area contributed by atoms with E-state index in [4.69, 9.17) is 25.8 Å². The van der Waals surface area contributed by atoms with Gasteiger partial charge in [-0.2, -0.15) is 5.10 Å². The van der Waals surface area contributed by atoms with E-state index in [9.17, 15) is 18.8 Å². The molecule has 0 bridgehead atoms. The van der Waals surface area contributed by atoms with Crippen molar-refractivity contribution in [2.45, 2.75) is 77.0 Å². The predicted octanol–water partition coefficient (Wildman–Crippen LogP) is 3.95. The predicted molar refractivity (Wildman–Crippen MR) is 154 cm³/mol. The van der Waals surface area contributed by atoms with Crippen LogP contribution in [0.25, 0.3) is 0 Å². The zero-order valence-electron chi connectivity index (χ0n) is 24.7. The zero-order valence-corrected chi connectivity index (χ0v) is 25.4. The Morgan fingerprint density at radius 1 is 1.17 bits per heavy atom. The number of halogens is 2. The number of alkyl carbamates (subject to hydrolysis) is 1. The fourth-order valence-corrected chi connectivity index (χ4v) is 5.69. The Bertz CT molecular complexity index is 1300. The molecule has 3 atom stereocenters. The molecule has 1 N–H and O–H groups in total. The van der Waals surface area contributed by atoms with Crippen molar-refractivity contribution in [2.24, 2.45) is 0 Å².